The Morgan fingerprint density at radius 1 is 1.15 bits per heavy atom. The Balaban J connectivity index is 1.48. The van der Waals surface area contributed by atoms with Crippen molar-refractivity contribution >= 4 is 28.5 Å². The van der Waals surface area contributed by atoms with Gasteiger partial charge in [0, 0.05) is 12.5 Å². The summed E-state index contributed by atoms with van der Waals surface area (Å²) in [5.74, 6) is 0.0977. The van der Waals surface area contributed by atoms with Crippen molar-refractivity contribution < 1.29 is 14.3 Å². The Hall–Kier alpha value is -2.48. The minimum atomic E-state index is -0.382. The number of rotatable bonds is 5. The van der Waals surface area contributed by atoms with Crippen LogP contribution in [-0.2, 0) is 11.3 Å². The number of hydrogen-bond acceptors (Lipinski definition) is 6. The highest BCUT2D eigenvalue weighted by Crippen LogP contribution is 2.35. The van der Waals surface area contributed by atoms with E-state index in [1.807, 2.05) is 0 Å². The number of carbonyl (C=O) groups is 2. The highest BCUT2D eigenvalue weighted by molar-refractivity contribution is 7.15. The van der Waals surface area contributed by atoms with Gasteiger partial charge in [0.2, 0.25) is 5.13 Å². The number of esters is 1. The first-order chi connectivity index (χ1) is 12.7. The van der Waals surface area contributed by atoms with Gasteiger partial charge in [0.25, 0.3) is 0 Å². The van der Waals surface area contributed by atoms with Crippen molar-refractivity contribution in [1.82, 2.24) is 15.5 Å². The van der Waals surface area contributed by atoms with Crippen LogP contribution in [0, 0.1) is 0 Å². The van der Waals surface area contributed by atoms with E-state index in [9.17, 15) is 9.59 Å². The van der Waals surface area contributed by atoms with Crippen LogP contribution in [0.15, 0.2) is 24.3 Å². The number of aromatic nitrogens is 2. The third kappa shape index (κ3) is 4.78. The smallest absolute Gasteiger partial charge is 0.337 e. The van der Waals surface area contributed by atoms with Gasteiger partial charge in [-0.15, -0.1) is 10.2 Å². The van der Waals surface area contributed by atoms with Crippen LogP contribution in [0.1, 0.15) is 59.0 Å². The minimum absolute atomic E-state index is 0.326. The van der Waals surface area contributed by atoms with Crippen molar-refractivity contribution in [2.75, 3.05) is 12.4 Å². The Kier molecular flexibility index (Phi) is 6.17. The molecule has 0 bridgehead atoms. The summed E-state index contributed by atoms with van der Waals surface area (Å²) in [6.45, 7) is 0.349. The standard InChI is InChI=1S/C18H22N4O3S/c1-25-16(23)14-9-7-12(8-10-14)11-19-17(24)20-18-22-21-15(26-18)13-5-3-2-4-6-13/h7-10,13H,2-6,11H2,1H3,(H2,19,20,22,24). The molecule has 7 nitrogen and oxygen atoms in total. The van der Waals surface area contributed by atoms with Gasteiger partial charge < -0.3 is 10.1 Å². The monoisotopic (exact) mass is 374 g/mol. The second-order valence-corrected chi connectivity index (χ2v) is 7.29. The second-order valence-electron chi connectivity index (χ2n) is 6.28. The van der Waals surface area contributed by atoms with Gasteiger partial charge in [0.05, 0.1) is 12.7 Å². The normalized spacial score (nSPS) is 14.7. The molecule has 2 N–H and O–H groups in total. The number of carbonyl (C=O) groups excluding carboxylic acids is 2. The molecule has 0 aliphatic heterocycles. The summed E-state index contributed by atoms with van der Waals surface area (Å²) in [7, 11) is 1.34. The van der Waals surface area contributed by atoms with E-state index in [0.29, 0.717) is 23.2 Å². The second kappa shape index (κ2) is 8.75. The van der Waals surface area contributed by atoms with Crippen LogP contribution in [0.4, 0.5) is 9.93 Å². The number of anilines is 1. The van der Waals surface area contributed by atoms with E-state index in [4.69, 9.17) is 0 Å². The quantitative estimate of drug-likeness (QED) is 0.779. The van der Waals surface area contributed by atoms with Crippen LogP contribution in [0.2, 0.25) is 0 Å². The lowest BCUT2D eigenvalue weighted by molar-refractivity contribution is 0.0600. The summed E-state index contributed by atoms with van der Waals surface area (Å²) in [5, 5.41) is 15.3. The third-order valence-electron chi connectivity index (χ3n) is 4.44. The first-order valence-electron chi connectivity index (χ1n) is 8.71. The molecule has 0 unspecified atom stereocenters. The minimum Gasteiger partial charge on any atom is -0.465 e. The van der Waals surface area contributed by atoms with Crippen LogP contribution < -0.4 is 10.6 Å². The molecular weight excluding hydrogens is 352 g/mol. The van der Waals surface area contributed by atoms with E-state index < -0.39 is 0 Å². The van der Waals surface area contributed by atoms with Gasteiger partial charge in [0.1, 0.15) is 5.01 Å². The number of nitrogens with zero attached hydrogens (tertiary/aromatic N) is 2. The predicted molar refractivity (Wildman–Crippen MR) is 99.4 cm³/mol. The topological polar surface area (TPSA) is 93.2 Å². The molecule has 1 fully saturated rings. The van der Waals surface area contributed by atoms with Gasteiger partial charge in [0.15, 0.2) is 0 Å². The molecule has 0 spiro atoms. The molecule has 3 rings (SSSR count). The lowest BCUT2D eigenvalue weighted by Crippen LogP contribution is -2.28. The molecule has 2 amide bonds. The Labute approximate surface area is 156 Å². The van der Waals surface area contributed by atoms with E-state index >= 15 is 0 Å². The van der Waals surface area contributed by atoms with Crippen molar-refractivity contribution in [2.45, 2.75) is 44.6 Å². The number of methoxy groups -OCH3 is 1. The predicted octanol–water partition coefficient (Wildman–Crippen LogP) is 3.69. The van der Waals surface area contributed by atoms with E-state index in [0.717, 1.165) is 23.4 Å². The molecule has 8 heteroatoms. The van der Waals surface area contributed by atoms with Gasteiger partial charge in [-0.25, -0.2) is 9.59 Å². The molecule has 1 aromatic carbocycles. The van der Waals surface area contributed by atoms with Gasteiger partial charge in [-0.3, -0.25) is 5.32 Å². The van der Waals surface area contributed by atoms with Gasteiger partial charge in [-0.1, -0.05) is 42.7 Å². The molecule has 1 aliphatic carbocycles. The average molecular weight is 374 g/mol. The van der Waals surface area contributed by atoms with Crippen molar-refractivity contribution in [3.8, 4) is 0 Å². The summed E-state index contributed by atoms with van der Waals surface area (Å²) in [6, 6.07) is 6.56. The zero-order valence-corrected chi connectivity index (χ0v) is 15.5. The lowest BCUT2D eigenvalue weighted by atomic mass is 9.90. The fourth-order valence-corrected chi connectivity index (χ4v) is 3.91. The first kappa shape index (κ1) is 18.3. The molecule has 2 aromatic rings. The Morgan fingerprint density at radius 2 is 1.88 bits per heavy atom. The van der Waals surface area contributed by atoms with Crippen molar-refractivity contribution in [1.29, 1.82) is 0 Å². The van der Waals surface area contributed by atoms with Crippen molar-refractivity contribution in [3.63, 3.8) is 0 Å². The highest BCUT2D eigenvalue weighted by atomic mass is 32.1. The SMILES string of the molecule is COC(=O)c1ccc(CNC(=O)Nc2nnc(C3CCCCC3)s2)cc1. The molecule has 138 valence electrons. The van der Waals surface area contributed by atoms with E-state index in [2.05, 4.69) is 25.6 Å². The fourth-order valence-electron chi connectivity index (χ4n) is 3.00. The number of amides is 2. The molecule has 1 aliphatic rings. The summed E-state index contributed by atoms with van der Waals surface area (Å²) in [5.41, 5.74) is 1.36. The lowest BCUT2D eigenvalue weighted by Gasteiger charge is -2.18. The maximum atomic E-state index is 12.0. The maximum Gasteiger partial charge on any atom is 0.337 e. The van der Waals surface area contributed by atoms with Crippen LogP contribution in [0.25, 0.3) is 0 Å². The number of hydrogen-bond donors (Lipinski definition) is 2. The van der Waals surface area contributed by atoms with E-state index in [1.54, 1.807) is 24.3 Å². The average Bonchev–Trinajstić information content (AvgIpc) is 3.15. The van der Waals surface area contributed by atoms with Gasteiger partial charge >= 0.3 is 12.0 Å². The first-order valence-corrected chi connectivity index (χ1v) is 9.53. The fraction of sp³-hybridized carbons (Fsp3) is 0.444. The highest BCUT2D eigenvalue weighted by Gasteiger charge is 2.20. The van der Waals surface area contributed by atoms with Crippen LogP contribution >= 0.6 is 11.3 Å². The summed E-state index contributed by atoms with van der Waals surface area (Å²) < 4.78 is 4.66. The number of benzene rings is 1. The Morgan fingerprint density at radius 3 is 2.58 bits per heavy atom. The number of urea groups is 1. The molecular formula is C18H22N4O3S. The molecule has 1 heterocycles. The van der Waals surface area contributed by atoms with E-state index in [1.165, 1.54) is 37.7 Å². The molecule has 0 atom stereocenters. The van der Waals surface area contributed by atoms with Crippen LogP contribution in [0.5, 0.6) is 0 Å². The largest absolute Gasteiger partial charge is 0.465 e. The summed E-state index contributed by atoms with van der Waals surface area (Å²) >= 11 is 1.45. The number of nitrogens with one attached hydrogen (secondary N) is 2. The molecule has 1 saturated carbocycles. The van der Waals surface area contributed by atoms with Crippen molar-refractivity contribution in [2.24, 2.45) is 0 Å². The zero-order valence-electron chi connectivity index (χ0n) is 14.7. The zero-order chi connectivity index (χ0) is 18.4. The van der Waals surface area contributed by atoms with Crippen LogP contribution in [-0.4, -0.2) is 29.3 Å². The molecule has 26 heavy (non-hydrogen) atoms. The molecule has 1 aromatic heterocycles. The van der Waals surface area contributed by atoms with E-state index in [-0.39, 0.29) is 12.0 Å². The van der Waals surface area contributed by atoms with Crippen LogP contribution in [0.3, 0.4) is 0 Å². The molecule has 0 saturated heterocycles. The van der Waals surface area contributed by atoms with Gasteiger partial charge in [-0.05, 0) is 30.5 Å². The van der Waals surface area contributed by atoms with Crippen molar-refractivity contribution in [3.05, 3.63) is 40.4 Å². The Bertz CT molecular complexity index is 754. The summed E-state index contributed by atoms with van der Waals surface area (Å²) in [4.78, 5) is 23.4. The van der Waals surface area contributed by atoms with Gasteiger partial charge in [-0.2, -0.15) is 0 Å². The summed E-state index contributed by atoms with van der Waals surface area (Å²) in [6.07, 6.45) is 6.08. The maximum absolute atomic E-state index is 12.0. The third-order valence-corrected chi connectivity index (χ3v) is 5.44. The molecule has 0 radical (unpaired) electrons. The number of ether oxygens (including phenoxy) is 1.